The van der Waals surface area contributed by atoms with Crippen molar-refractivity contribution in [2.75, 3.05) is 0 Å². The van der Waals surface area contributed by atoms with Crippen LogP contribution in [0.5, 0.6) is 0 Å². The number of nitrogens with one attached hydrogen (secondary N) is 2. The Bertz CT molecular complexity index is 844. The highest BCUT2D eigenvalue weighted by molar-refractivity contribution is 5.78. The Morgan fingerprint density at radius 3 is 2.68 bits per heavy atom. The third-order valence-electron chi connectivity index (χ3n) is 4.81. The van der Waals surface area contributed by atoms with Crippen molar-refractivity contribution in [3.05, 3.63) is 40.1 Å². The van der Waals surface area contributed by atoms with Gasteiger partial charge >= 0.3 is 6.09 Å². The lowest BCUT2D eigenvalue weighted by Gasteiger charge is -2.29. The van der Waals surface area contributed by atoms with E-state index in [1.165, 1.54) is 16.8 Å². The predicted octanol–water partition coefficient (Wildman–Crippen LogP) is 1.74. The van der Waals surface area contributed by atoms with E-state index in [1.54, 1.807) is 13.1 Å². The molecule has 1 saturated carbocycles. The van der Waals surface area contributed by atoms with Crippen LogP contribution in [0.1, 0.15) is 31.2 Å². The number of hydrogen-bond acceptors (Lipinski definition) is 4. The third-order valence-corrected chi connectivity index (χ3v) is 4.81. The first-order valence-corrected chi connectivity index (χ1v) is 8.31. The Labute approximate surface area is 143 Å². The highest BCUT2D eigenvalue weighted by Crippen LogP contribution is 2.21. The number of pyridine rings is 2. The van der Waals surface area contributed by atoms with E-state index < -0.39 is 11.9 Å². The Morgan fingerprint density at radius 2 is 2.00 bits per heavy atom. The van der Waals surface area contributed by atoms with E-state index in [9.17, 15) is 14.0 Å². The van der Waals surface area contributed by atoms with Crippen LogP contribution in [0.4, 0.5) is 9.18 Å². The Kier molecular flexibility index (Phi) is 4.98. The summed E-state index contributed by atoms with van der Waals surface area (Å²) in [6.07, 6.45) is 3.31. The molecular formula is C17H21FN4O3. The minimum atomic E-state index is -0.998. The second-order valence-electron chi connectivity index (χ2n) is 6.43. The number of carbonyl (C=O) groups is 1. The first-order valence-electron chi connectivity index (χ1n) is 8.31. The fraction of sp³-hybridized carbons (Fsp3) is 0.471. The molecule has 3 rings (SSSR count). The summed E-state index contributed by atoms with van der Waals surface area (Å²) in [6, 6.07) is 3.19. The Hall–Kier alpha value is -2.48. The first kappa shape index (κ1) is 17.3. The first-order chi connectivity index (χ1) is 12.0. The van der Waals surface area contributed by atoms with Gasteiger partial charge in [0.2, 0.25) is 0 Å². The van der Waals surface area contributed by atoms with Crippen LogP contribution in [-0.4, -0.2) is 32.8 Å². The van der Waals surface area contributed by atoms with Crippen LogP contribution >= 0.6 is 0 Å². The number of halogens is 1. The zero-order chi connectivity index (χ0) is 18.0. The maximum atomic E-state index is 14.3. The molecule has 0 spiro atoms. The van der Waals surface area contributed by atoms with Gasteiger partial charge in [-0.3, -0.25) is 9.78 Å². The van der Waals surface area contributed by atoms with Gasteiger partial charge in [-0.15, -0.1) is 0 Å². The molecule has 1 aliphatic rings. The number of hydrogen-bond donors (Lipinski definition) is 3. The zero-order valence-electron chi connectivity index (χ0n) is 14.0. The van der Waals surface area contributed by atoms with Crippen LogP contribution in [0.2, 0.25) is 0 Å². The van der Waals surface area contributed by atoms with Crippen LogP contribution < -0.4 is 16.2 Å². The Balaban J connectivity index is 1.72. The number of rotatable bonds is 4. The number of fused-ring (bicyclic) bond motifs is 1. The smallest absolute Gasteiger partial charge is 0.404 e. The molecular weight excluding hydrogens is 327 g/mol. The molecule has 7 nitrogen and oxygen atoms in total. The van der Waals surface area contributed by atoms with Crippen molar-refractivity contribution in [2.24, 2.45) is 7.05 Å². The van der Waals surface area contributed by atoms with Gasteiger partial charge in [-0.25, -0.2) is 9.18 Å². The second kappa shape index (κ2) is 7.18. The Morgan fingerprint density at radius 1 is 1.32 bits per heavy atom. The van der Waals surface area contributed by atoms with E-state index in [0.29, 0.717) is 23.1 Å². The highest BCUT2D eigenvalue weighted by Gasteiger charge is 2.22. The monoisotopic (exact) mass is 348 g/mol. The minimum Gasteiger partial charge on any atom is -0.465 e. The van der Waals surface area contributed by atoms with Gasteiger partial charge in [-0.2, -0.15) is 0 Å². The van der Waals surface area contributed by atoms with Crippen LogP contribution in [0.15, 0.2) is 23.1 Å². The highest BCUT2D eigenvalue weighted by atomic mass is 19.1. The lowest BCUT2D eigenvalue weighted by Crippen LogP contribution is -2.41. The summed E-state index contributed by atoms with van der Waals surface area (Å²) in [5.41, 5.74) is 1.30. The quantitative estimate of drug-likeness (QED) is 0.782. The van der Waals surface area contributed by atoms with Gasteiger partial charge < -0.3 is 20.3 Å². The van der Waals surface area contributed by atoms with Gasteiger partial charge in [0.15, 0.2) is 0 Å². The van der Waals surface area contributed by atoms with Gasteiger partial charge in [-0.05, 0) is 31.7 Å². The van der Waals surface area contributed by atoms with Crippen molar-refractivity contribution in [2.45, 2.75) is 44.3 Å². The summed E-state index contributed by atoms with van der Waals surface area (Å²) >= 11 is 0. The SMILES string of the molecule is Cn1c(=O)ccc2ncc(F)c(CN[C@H]3CC[C@H](NC(=O)O)CC3)c21. The van der Waals surface area contributed by atoms with Crippen molar-refractivity contribution in [3.8, 4) is 0 Å². The van der Waals surface area contributed by atoms with Gasteiger partial charge in [-0.1, -0.05) is 0 Å². The van der Waals surface area contributed by atoms with Crippen LogP contribution in [0.3, 0.4) is 0 Å². The van der Waals surface area contributed by atoms with Gasteiger partial charge in [0.05, 0.1) is 17.2 Å². The fourth-order valence-electron chi connectivity index (χ4n) is 3.43. The van der Waals surface area contributed by atoms with Crippen molar-refractivity contribution < 1.29 is 14.3 Å². The molecule has 0 aliphatic heterocycles. The summed E-state index contributed by atoms with van der Waals surface area (Å²) in [6.45, 7) is 0.295. The number of carboxylic acid groups (broad SMARTS) is 1. The molecule has 25 heavy (non-hydrogen) atoms. The van der Waals surface area contributed by atoms with Crippen molar-refractivity contribution in [1.82, 2.24) is 20.2 Å². The molecule has 2 aromatic rings. The predicted molar refractivity (Wildman–Crippen MR) is 91.0 cm³/mol. The van der Waals surface area contributed by atoms with E-state index in [0.717, 1.165) is 25.7 Å². The summed E-state index contributed by atoms with van der Waals surface area (Å²) in [4.78, 5) is 26.6. The third kappa shape index (κ3) is 3.79. The van der Waals surface area contributed by atoms with Crippen molar-refractivity contribution in [1.29, 1.82) is 0 Å². The van der Waals surface area contributed by atoms with E-state index >= 15 is 0 Å². The molecule has 0 saturated heterocycles. The van der Waals surface area contributed by atoms with Crippen LogP contribution in [-0.2, 0) is 13.6 Å². The molecule has 2 heterocycles. The van der Waals surface area contributed by atoms with Gasteiger partial charge in [0.1, 0.15) is 5.82 Å². The largest absolute Gasteiger partial charge is 0.465 e. The van der Waals surface area contributed by atoms with Crippen LogP contribution in [0.25, 0.3) is 11.0 Å². The van der Waals surface area contributed by atoms with Gasteiger partial charge in [0.25, 0.3) is 5.56 Å². The molecule has 0 aromatic carbocycles. The standard InChI is InChI=1S/C17H21FN4O3/c1-22-15(23)7-6-14-16(22)12(13(18)9-20-14)8-19-10-2-4-11(5-3-10)21-17(24)25/h6-7,9-11,19,21H,2-5,8H2,1H3,(H,24,25)/t10-,11-. The molecule has 3 N–H and O–H groups in total. The molecule has 0 unspecified atom stereocenters. The lowest BCUT2D eigenvalue weighted by atomic mass is 9.91. The molecule has 134 valence electrons. The summed E-state index contributed by atoms with van der Waals surface area (Å²) in [7, 11) is 1.61. The summed E-state index contributed by atoms with van der Waals surface area (Å²) in [5.74, 6) is -0.442. The molecule has 1 fully saturated rings. The topological polar surface area (TPSA) is 96.3 Å². The van der Waals surface area contributed by atoms with E-state index in [1.807, 2.05) is 0 Å². The normalized spacial score (nSPS) is 20.6. The van der Waals surface area contributed by atoms with E-state index in [2.05, 4.69) is 15.6 Å². The fourth-order valence-corrected chi connectivity index (χ4v) is 3.43. The number of aryl methyl sites for hydroxylation is 1. The van der Waals surface area contributed by atoms with E-state index in [-0.39, 0.29) is 17.6 Å². The maximum absolute atomic E-state index is 14.3. The van der Waals surface area contributed by atoms with Gasteiger partial charge in [0, 0.05) is 37.3 Å². The maximum Gasteiger partial charge on any atom is 0.404 e. The van der Waals surface area contributed by atoms with Crippen molar-refractivity contribution in [3.63, 3.8) is 0 Å². The number of amides is 1. The number of nitrogens with zero attached hydrogens (tertiary/aromatic N) is 2. The lowest BCUT2D eigenvalue weighted by molar-refractivity contribution is 0.183. The molecule has 0 radical (unpaired) electrons. The zero-order valence-corrected chi connectivity index (χ0v) is 14.0. The summed E-state index contributed by atoms with van der Waals surface area (Å²) < 4.78 is 15.7. The minimum absolute atomic E-state index is 0.0186. The molecule has 1 amide bonds. The molecule has 8 heteroatoms. The van der Waals surface area contributed by atoms with E-state index in [4.69, 9.17) is 5.11 Å². The second-order valence-corrected chi connectivity index (χ2v) is 6.43. The average Bonchev–Trinajstić information content (AvgIpc) is 2.58. The molecule has 0 atom stereocenters. The number of aromatic nitrogens is 2. The average molecular weight is 348 g/mol. The molecule has 0 bridgehead atoms. The molecule has 1 aliphatic carbocycles. The summed E-state index contributed by atoms with van der Waals surface area (Å²) in [5, 5.41) is 14.6. The van der Waals surface area contributed by atoms with Crippen LogP contribution in [0, 0.1) is 5.82 Å². The van der Waals surface area contributed by atoms with Crippen molar-refractivity contribution >= 4 is 17.1 Å². The molecule has 2 aromatic heterocycles.